The van der Waals surface area contributed by atoms with Gasteiger partial charge in [0.15, 0.2) is 0 Å². The number of benzene rings is 1. The van der Waals surface area contributed by atoms with Crippen molar-refractivity contribution in [1.29, 1.82) is 0 Å². The van der Waals surface area contributed by atoms with Gasteiger partial charge < -0.3 is 9.80 Å². The first-order chi connectivity index (χ1) is 9.66. The Bertz CT molecular complexity index is 512. The van der Waals surface area contributed by atoms with Crippen molar-refractivity contribution in [3.05, 3.63) is 40.4 Å². The molecule has 2 atom stereocenters. The molecule has 0 bridgehead atoms. The number of nitrogens with zero attached hydrogens (tertiary/aromatic N) is 3. The van der Waals surface area contributed by atoms with Gasteiger partial charge in [-0.2, -0.15) is 0 Å². The number of para-hydroxylation sites is 1. The fourth-order valence-corrected chi connectivity index (χ4v) is 2.74. The Balaban J connectivity index is 1.54. The first-order valence-electron chi connectivity index (χ1n) is 6.89. The monoisotopic (exact) mass is 275 g/mol. The topological polar surface area (TPSA) is 66.7 Å². The van der Waals surface area contributed by atoms with E-state index >= 15 is 0 Å². The Kier molecular flexibility index (Phi) is 3.30. The van der Waals surface area contributed by atoms with Gasteiger partial charge >= 0.3 is 0 Å². The van der Waals surface area contributed by atoms with Crippen molar-refractivity contribution in [2.24, 2.45) is 5.92 Å². The summed E-state index contributed by atoms with van der Waals surface area (Å²) in [5, 5.41) is 10.6. The number of piperazine rings is 1. The molecule has 1 aromatic carbocycles. The zero-order valence-electron chi connectivity index (χ0n) is 11.1. The van der Waals surface area contributed by atoms with E-state index < -0.39 is 6.04 Å². The summed E-state index contributed by atoms with van der Waals surface area (Å²) in [5.74, 6) is -0.423. The minimum absolute atomic E-state index is 0.0422. The average molecular weight is 275 g/mol. The third kappa shape index (κ3) is 2.45. The second-order valence-corrected chi connectivity index (χ2v) is 5.34. The maximum atomic E-state index is 12.1. The van der Waals surface area contributed by atoms with Crippen LogP contribution in [0.2, 0.25) is 0 Å². The molecule has 2 aliphatic rings. The highest BCUT2D eigenvalue weighted by atomic mass is 16.6. The highest BCUT2D eigenvalue weighted by molar-refractivity contribution is 5.82. The minimum atomic E-state index is -0.644. The van der Waals surface area contributed by atoms with Gasteiger partial charge in [-0.3, -0.25) is 14.9 Å². The van der Waals surface area contributed by atoms with E-state index in [1.165, 1.54) is 0 Å². The molecule has 1 amide bonds. The molecule has 6 heteroatoms. The summed E-state index contributed by atoms with van der Waals surface area (Å²) in [6.45, 7) is 2.86. The zero-order chi connectivity index (χ0) is 14.1. The molecule has 0 radical (unpaired) electrons. The molecular weight excluding hydrogens is 258 g/mol. The summed E-state index contributed by atoms with van der Waals surface area (Å²) < 4.78 is 0. The highest BCUT2D eigenvalue weighted by Crippen LogP contribution is 2.35. The summed E-state index contributed by atoms with van der Waals surface area (Å²) in [5.41, 5.74) is 1.16. The van der Waals surface area contributed by atoms with Crippen LogP contribution in [0.1, 0.15) is 6.42 Å². The minimum Gasteiger partial charge on any atom is -0.368 e. The van der Waals surface area contributed by atoms with E-state index in [0.717, 1.165) is 18.8 Å². The van der Waals surface area contributed by atoms with Crippen molar-refractivity contribution < 1.29 is 9.72 Å². The molecule has 20 heavy (non-hydrogen) atoms. The summed E-state index contributed by atoms with van der Waals surface area (Å²) in [6.07, 6.45) is 0.407. The Labute approximate surface area is 117 Å². The summed E-state index contributed by atoms with van der Waals surface area (Å²) in [4.78, 5) is 26.4. The Morgan fingerprint density at radius 3 is 2.35 bits per heavy atom. The zero-order valence-corrected chi connectivity index (χ0v) is 11.1. The van der Waals surface area contributed by atoms with Gasteiger partial charge in [0, 0.05) is 43.2 Å². The van der Waals surface area contributed by atoms with Crippen molar-refractivity contribution in [3.8, 4) is 0 Å². The predicted octanol–water partition coefficient (Wildman–Crippen LogP) is 1.00. The van der Waals surface area contributed by atoms with Gasteiger partial charge in [0.25, 0.3) is 0 Å². The summed E-state index contributed by atoms with van der Waals surface area (Å²) >= 11 is 0. The molecule has 1 aliphatic carbocycles. The Morgan fingerprint density at radius 2 is 1.80 bits per heavy atom. The van der Waals surface area contributed by atoms with Crippen molar-refractivity contribution in [2.75, 3.05) is 31.1 Å². The van der Waals surface area contributed by atoms with Gasteiger partial charge in [-0.25, -0.2) is 0 Å². The summed E-state index contributed by atoms with van der Waals surface area (Å²) in [7, 11) is 0. The van der Waals surface area contributed by atoms with Gasteiger partial charge in [0.1, 0.15) is 5.92 Å². The van der Waals surface area contributed by atoms with E-state index in [1.54, 1.807) is 4.90 Å². The molecule has 0 N–H and O–H groups in total. The maximum Gasteiger partial charge on any atom is 0.233 e. The Hall–Kier alpha value is -2.11. The largest absolute Gasteiger partial charge is 0.368 e. The molecule has 0 aromatic heterocycles. The predicted molar refractivity (Wildman–Crippen MR) is 74.1 cm³/mol. The van der Waals surface area contributed by atoms with Crippen LogP contribution in [0.5, 0.6) is 0 Å². The number of carbonyl (C=O) groups excluding carboxylic acids is 1. The van der Waals surface area contributed by atoms with E-state index in [9.17, 15) is 14.9 Å². The van der Waals surface area contributed by atoms with Crippen LogP contribution in [0.15, 0.2) is 30.3 Å². The third-order valence-corrected chi connectivity index (χ3v) is 4.06. The number of amides is 1. The van der Waals surface area contributed by atoms with E-state index in [-0.39, 0.29) is 16.7 Å². The molecule has 1 heterocycles. The second-order valence-electron chi connectivity index (χ2n) is 5.34. The lowest BCUT2D eigenvalue weighted by molar-refractivity contribution is -0.497. The lowest BCUT2D eigenvalue weighted by Crippen LogP contribution is -2.49. The van der Waals surface area contributed by atoms with E-state index in [1.807, 2.05) is 18.2 Å². The van der Waals surface area contributed by atoms with Gasteiger partial charge in [-0.1, -0.05) is 18.2 Å². The summed E-state index contributed by atoms with van der Waals surface area (Å²) in [6, 6.07) is 9.45. The Morgan fingerprint density at radius 1 is 1.15 bits per heavy atom. The van der Waals surface area contributed by atoms with Gasteiger partial charge in [-0.05, 0) is 12.1 Å². The van der Waals surface area contributed by atoms with E-state index in [0.29, 0.717) is 19.5 Å². The first-order valence-corrected chi connectivity index (χ1v) is 6.89. The smallest absolute Gasteiger partial charge is 0.233 e. The standard InChI is InChI=1S/C14H17N3O3/c18-14(12-10-13(12)17(19)20)16-8-6-15(7-9-16)11-4-2-1-3-5-11/h1-5,12-13H,6-10H2/t12-,13-/m1/s1. The number of rotatable bonds is 3. The van der Waals surface area contributed by atoms with Crippen LogP contribution < -0.4 is 4.90 Å². The molecule has 0 spiro atoms. The maximum absolute atomic E-state index is 12.1. The molecule has 3 rings (SSSR count). The van der Waals surface area contributed by atoms with Crippen molar-refractivity contribution in [2.45, 2.75) is 12.5 Å². The number of anilines is 1. The van der Waals surface area contributed by atoms with Gasteiger partial charge in [0.05, 0.1) is 0 Å². The van der Waals surface area contributed by atoms with Crippen molar-refractivity contribution in [1.82, 2.24) is 4.90 Å². The molecule has 1 aliphatic heterocycles. The van der Waals surface area contributed by atoms with Crippen LogP contribution in [0.3, 0.4) is 0 Å². The normalized spacial score (nSPS) is 25.4. The fourth-order valence-electron chi connectivity index (χ4n) is 2.74. The van der Waals surface area contributed by atoms with Crippen LogP contribution >= 0.6 is 0 Å². The average Bonchev–Trinajstić information content (AvgIpc) is 3.28. The fraction of sp³-hybridized carbons (Fsp3) is 0.500. The first kappa shape index (κ1) is 12.9. The van der Waals surface area contributed by atoms with Gasteiger partial charge in [-0.15, -0.1) is 0 Å². The number of nitro groups is 1. The number of carbonyl (C=O) groups is 1. The van der Waals surface area contributed by atoms with Crippen LogP contribution in [0, 0.1) is 16.0 Å². The van der Waals surface area contributed by atoms with E-state index in [2.05, 4.69) is 17.0 Å². The van der Waals surface area contributed by atoms with Crippen molar-refractivity contribution >= 4 is 11.6 Å². The quantitative estimate of drug-likeness (QED) is 0.609. The van der Waals surface area contributed by atoms with Crippen LogP contribution in [-0.2, 0) is 4.79 Å². The van der Waals surface area contributed by atoms with Crippen LogP contribution in [-0.4, -0.2) is 48.0 Å². The van der Waals surface area contributed by atoms with Crippen molar-refractivity contribution in [3.63, 3.8) is 0 Å². The molecule has 2 fully saturated rings. The highest BCUT2D eigenvalue weighted by Gasteiger charge is 2.54. The molecule has 1 saturated heterocycles. The SMILES string of the molecule is O=C([C@@H]1C[C@H]1[N+](=O)[O-])N1CCN(c2ccccc2)CC1. The van der Waals surface area contributed by atoms with E-state index in [4.69, 9.17) is 0 Å². The van der Waals surface area contributed by atoms with Crippen LogP contribution in [0.4, 0.5) is 5.69 Å². The molecular formula is C14H17N3O3. The number of hydrogen-bond acceptors (Lipinski definition) is 4. The molecule has 0 unspecified atom stereocenters. The third-order valence-electron chi connectivity index (χ3n) is 4.06. The molecule has 1 aromatic rings. The van der Waals surface area contributed by atoms with Crippen LogP contribution in [0.25, 0.3) is 0 Å². The lowest BCUT2D eigenvalue weighted by atomic mass is 10.2. The lowest BCUT2D eigenvalue weighted by Gasteiger charge is -2.36. The molecule has 1 saturated carbocycles. The second kappa shape index (κ2) is 5.11. The molecule has 106 valence electrons. The number of hydrogen-bond donors (Lipinski definition) is 0. The van der Waals surface area contributed by atoms with Gasteiger partial charge in [0.2, 0.25) is 11.9 Å². The molecule has 6 nitrogen and oxygen atoms in total.